The SMILES string of the molecule is CCc1ccc(C(C)NC(CCO)COC)cc1. The number of aryl methyl sites for hydroxylation is 1. The molecule has 102 valence electrons. The second-order valence-corrected chi connectivity index (χ2v) is 4.65. The fraction of sp³-hybridized carbons (Fsp3) is 0.600. The first-order valence-corrected chi connectivity index (χ1v) is 6.66. The van der Waals surface area contributed by atoms with E-state index in [9.17, 15) is 0 Å². The first-order chi connectivity index (χ1) is 8.71. The molecule has 0 aromatic heterocycles. The zero-order valence-electron chi connectivity index (χ0n) is 11.6. The van der Waals surface area contributed by atoms with Crippen molar-refractivity contribution >= 4 is 0 Å². The van der Waals surface area contributed by atoms with Crippen LogP contribution < -0.4 is 5.32 Å². The molecular formula is C15H25NO2. The van der Waals surface area contributed by atoms with Crippen LogP contribution in [0.1, 0.15) is 37.4 Å². The van der Waals surface area contributed by atoms with Crippen LogP contribution in [0.3, 0.4) is 0 Å². The number of ether oxygens (including phenoxy) is 1. The second-order valence-electron chi connectivity index (χ2n) is 4.65. The first kappa shape index (κ1) is 15.2. The third-order valence-electron chi connectivity index (χ3n) is 3.22. The fourth-order valence-corrected chi connectivity index (χ4v) is 2.06. The van der Waals surface area contributed by atoms with E-state index in [1.165, 1.54) is 11.1 Å². The van der Waals surface area contributed by atoms with Gasteiger partial charge in [0.2, 0.25) is 0 Å². The lowest BCUT2D eigenvalue weighted by Gasteiger charge is -2.22. The Hall–Kier alpha value is -0.900. The summed E-state index contributed by atoms with van der Waals surface area (Å²) < 4.78 is 5.16. The van der Waals surface area contributed by atoms with Crippen LogP contribution in [0.2, 0.25) is 0 Å². The second kappa shape index (κ2) is 8.25. The summed E-state index contributed by atoms with van der Waals surface area (Å²) in [6.07, 6.45) is 1.78. The Morgan fingerprint density at radius 2 is 1.94 bits per heavy atom. The average Bonchev–Trinajstić information content (AvgIpc) is 2.39. The molecule has 0 fully saturated rings. The van der Waals surface area contributed by atoms with Gasteiger partial charge in [-0.3, -0.25) is 0 Å². The summed E-state index contributed by atoms with van der Waals surface area (Å²) in [5, 5.41) is 12.5. The molecule has 0 heterocycles. The predicted octanol–water partition coefficient (Wildman–Crippen LogP) is 2.30. The number of benzene rings is 1. The molecule has 0 aliphatic rings. The van der Waals surface area contributed by atoms with Gasteiger partial charge < -0.3 is 15.2 Å². The lowest BCUT2D eigenvalue weighted by atomic mass is 10.0. The average molecular weight is 251 g/mol. The zero-order valence-corrected chi connectivity index (χ0v) is 11.6. The lowest BCUT2D eigenvalue weighted by molar-refractivity contribution is 0.143. The van der Waals surface area contributed by atoms with E-state index in [0.29, 0.717) is 13.0 Å². The molecule has 2 N–H and O–H groups in total. The van der Waals surface area contributed by atoms with Crippen LogP contribution in [0.15, 0.2) is 24.3 Å². The summed E-state index contributed by atoms with van der Waals surface area (Å²) in [5.41, 5.74) is 2.63. The summed E-state index contributed by atoms with van der Waals surface area (Å²) in [5.74, 6) is 0. The van der Waals surface area contributed by atoms with Gasteiger partial charge in [-0.1, -0.05) is 31.2 Å². The van der Waals surface area contributed by atoms with E-state index in [2.05, 4.69) is 43.4 Å². The Kier molecular flexibility index (Phi) is 6.94. The van der Waals surface area contributed by atoms with Crippen molar-refractivity contribution < 1.29 is 9.84 Å². The Balaban J connectivity index is 2.58. The molecule has 2 unspecified atom stereocenters. The first-order valence-electron chi connectivity index (χ1n) is 6.66. The number of methoxy groups -OCH3 is 1. The molecule has 3 nitrogen and oxygen atoms in total. The minimum Gasteiger partial charge on any atom is -0.396 e. The highest BCUT2D eigenvalue weighted by Gasteiger charge is 2.12. The summed E-state index contributed by atoms with van der Waals surface area (Å²) in [6.45, 7) is 5.11. The van der Waals surface area contributed by atoms with E-state index in [4.69, 9.17) is 9.84 Å². The van der Waals surface area contributed by atoms with Crippen molar-refractivity contribution in [2.24, 2.45) is 0 Å². The molecule has 0 spiro atoms. The number of hydrogen-bond acceptors (Lipinski definition) is 3. The maximum absolute atomic E-state index is 9.02. The number of rotatable bonds is 8. The molecule has 1 rings (SSSR count). The predicted molar refractivity (Wildman–Crippen MR) is 74.7 cm³/mol. The Morgan fingerprint density at radius 1 is 1.28 bits per heavy atom. The van der Waals surface area contributed by atoms with Crippen LogP contribution in [0.25, 0.3) is 0 Å². The third-order valence-corrected chi connectivity index (χ3v) is 3.22. The highest BCUT2D eigenvalue weighted by Crippen LogP contribution is 2.15. The van der Waals surface area contributed by atoms with Crippen LogP contribution in [0.4, 0.5) is 0 Å². The molecule has 1 aromatic carbocycles. The molecule has 0 saturated heterocycles. The Morgan fingerprint density at radius 3 is 2.44 bits per heavy atom. The highest BCUT2D eigenvalue weighted by atomic mass is 16.5. The van der Waals surface area contributed by atoms with Crippen LogP contribution in [0, 0.1) is 0 Å². The molecular weight excluding hydrogens is 226 g/mol. The third kappa shape index (κ3) is 4.77. The Bertz CT molecular complexity index is 318. The fourth-order valence-electron chi connectivity index (χ4n) is 2.06. The van der Waals surface area contributed by atoms with E-state index in [1.54, 1.807) is 7.11 Å². The van der Waals surface area contributed by atoms with E-state index in [0.717, 1.165) is 6.42 Å². The van der Waals surface area contributed by atoms with Gasteiger partial charge in [0.15, 0.2) is 0 Å². The number of hydrogen-bond donors (Lipinski definition) is 2. The van der Waals surface area contributed by atoms with Gasteiger partial charge in [0.1, 0.15) is 0 Å². The van der Waals surface area contributed by atoms with Crippen molar-refractivity contribution in [3.05, 3.63) is 35.4 Å². The van der Waals surface area contributed by atoms with Crippen molar-refractivity contribution in [2.75, 3.05) is 20.3 Å². The largest absolute Gasteiger partial charge is 0.396 e. The summed E-state index contributed by atoms with van der Waals surface area (Å²) in [4.78, 5) is 0. The van der Waals surface area contributed by atoms with Crippen molar-refractivity contribution in [2.45, 2.75) is 38.8 Å². The molecule has 0 radical (unpaired) electrons. The van der Waals surface area contributed by atoms with Crippen LogP contribution in [0.5, 0.6) is 0 Å². The molecule has 0 bridgehead atoms. The number of aliphatic hydroxyl groups excluding tert-OH is 1. The molecule has 3 heteroatoms. The van der Waals surface area contributed by atoms with E-state index >= 15 is 0 Å². The highest BCUT2D eigenvalue weighted by molar-refractivity contribution is 5.24. The molecule has 0 amide bonds. The minimum absolute atomic E-state index is 0.183. The number of nitrogens with one attached hydrogen (secondary N) is 1. The maximum Gasteiger partial charge on any atom is 0.0616 e. The van der Waals surface area contributed by atoms with Gasteiger partial charge in [0.25, 0.3) is 0 Å². The van der Waals surface area contributed by atoms with Crippen molar-refractivity contribution in [3.63, 3.8) is 0 Å². The molecule has 1 aromatic rings. The minimum atomic E-state index is 0.183. The van der Waals surface area contributed by atoms with Gasteiger partial charge in [0, 0.05) is 25.8 Å². The molecule has 2 atom stereocenters. The van der Waals surface area contributed by atoms with Gasteiger partial charge in [0.05, 0.1) is 6.61 Å². The smallest absolute Gasteiger partial charge is 0.0616 e. The zero-order chi connectivity index (χ0) is 13.4. The van der Waals surface area contributed by atoms with Gasteiger partial charge >= 0.3 is 0 Å². The van der Waals surface area contributed by atoms with Crippen LogP contribution in [-0.2, 0) is 11.2 Å². The van der Waals surface area contributed by atoms with E-state index in [-0.39, 0.29) is 18.7 Å². The topological polar surface area (TPSA) is 41.5 Å². The monoisotopic (exact) mass is 251 g/mol. The summed E-state index contributed by atoms with van der Waals surface area (Å²) >= 11 is 0. The van der Waals surface area contributed by atoms with Gasteiger partial charge in [-0.25, -0.2) is 0 Å². The standard InChI is InChI=1S/C15H25NO2/c1-4-13-5-7-14(8-6-13)12(2)16-15(9-10-17)11-18-3/h5-8,12,15-17H,4,9-11H2,1-3H3. The van der Waals surface area contributed by atoms with E-state index in [1.807, 2.05) is 0 Å². The quantitative estimate of drug-likeness (QED) is 0.745. The summed E-state index contributed by atoms with van der Waals surface area (Å²) in [6, 6.07) is 9.14. The van der Waals surface area contributed by atoms with E-state index < -0.39 is 0 Å². The van der Waals surface area contributed by atoms with Crippen molar-refractivity contribution in [1.82, 2.24) is 5.32 Å². The summed E-state index contributed by atoms with van der Waals surface area (Å²) in [7, 11) is 1.69. The molecule has 0 saturated carbocycles. The normalized spacial score (nSPS) is 14.4. The van der Waals surface area contributed by atoms with Gasteiger partial charge in [-0.05, 0) is 30.9 Å². The van der Waals surface area contributed by atoms with Crippen molar-refractivity contribution in [1.29, 1.82) is 0 Å². The number of aliphatic hydroxyl groups is 1. The molecule has 0 aliphatic heterocycles. The maximum atomic E-state index is 9.02. The van der Waals surface area contributed by atoms with Crippen LogP contribution >= 0.6 is 0 Å². The van der Waals surface area contributed by atoms with Gasteiger partial charge in [-0.15, -0.1) is 0 Å². The Labute approximate surface area is 110 Å². The lowest BCUT2D eigenvalue weighted by Crippen LogP contribution is -2.36. The van der Waals surface area contributed by atoms with Gasteiger partial charge in [-0.2, -0.15) is 0 Å². The molecule has 0 aliphatic carbocycles. The molecule has 18 heavy (non-hydrogen) atoms. The van der Waals surface area contributed by atoms with Crippen molar-refractivity contribution in [3.8, 4) is 0 Å². The van der Waals surface area contributed by atoms with Crippen LogP contribution in [-0.4, -0.2) is 31.5 Å².